The minimum atomic E-state index is -0.311. The largest absolute Gasteiger partial charge is 0.497 e. The van der Waals surface area contributed by atoms with Gasteiger partial charge in [-0.1, -0.05) is 10.4 Å². The van der Waals surface area contributed by atoms with Crippen molar-refractivity contribution in [3.63, 3.8) is 0 Å². The minimum Gasteiger partial charge on any atom is -0.497 e. The molecule has 0 N–H and O–H groups in total. The van der Waals surface area contributed by atoms with Crippen LogP contribution < -0.4 is 4.74 Å². The van der Waals surface area contributed by atoms with Gasteiger partial charge in [0, 0.05) is 5.56 Å². The van der Waals surface area contributed by atoms with Crippen LogP contribution in [0.1, 0.15) is 5.69 Å². The molecule has 0 spiro atoms. The molecule has 8 heteroatoms. The molecule has 130 valence electrons. The Balaban J connectivity index is 1.66. The van der Waals surface area contributed by atoms with E-state index in [1.54, 1.807) is 23.9 Å². The molecule has 26 heavy (non-hydrogen) atoms. The van der Waals surface area contributed by atoms with Gasteiger partial charge in [-0.25, -0.2) is 9.07 Å². The van der Waals surface area contributed by atoms with Crippen molar-refractivity contribution in [1.29, 1.82) is 0 Å². The molecule has 4 rings (SSSR count). The first-order chi connectivity index (χ1) is 12.7. The van der Waals surface area contributed by atoms with Crippen LogP contribution in [0, 0.1) is 12.7 Å². The smallest absolute Gasteiger partial charge is 0.258 e. The lowest BCUT2D eigenvalue weighted by Gasteiger charge is -2.02. The average molecular weight is 351 g/mol. The van der Waals surface area contributed by atoms with Gasteiger partial charge in [0.25, 0.3) is 5.89 Å². The van der Waals surface area contributed by atoms with Crippen LogP contribution in [0.5, 0.6) is 5.75 Å². The lowest BCUT2D eigenvalue weighted by molar-refractivity contribution is 0.414. The van der Waals surface area contributed by atoms with E-state index in [9.17, 15) is 4.39 Å². The maximum atomic E-state index is 13.1. The minimum absolute atomic E-state index is 0.311. The van der Waals surface area contributed by atoms with E-state index >= 15 is 0 Å². The number of hydrogen-bond acceptors (Lipinski definition) is 6. The van der Waals surface area contributed by atoms with E-state index in [1.807, 2.05) is 31.2 Å². The summed E-state index contributed by atoms with van der Waals surface area (Å²) in [5, 5.41) is 12.2. The molecule has 2 aromatic carbocycles. The van der Waals surface area contributed by atoms with Crippen LogP contribution in [-0.2, 0) is 0 Å². The highest BCUT2D eigenvalue weighted by Gasteiger charge is 2.18. The number of nitrogens with zero attached hydrogens (tertiary/aromatic N) is 5. The van der Waals surface area contributed by atoms with Gasteiger partial charge in [-0.15, -0.1) is 5.10 Å². The van der Waals surface area contributed by atoms with Gasteiger partial charge in [0.1, 0.15) is 11.6 Å². The van der Waals surface area contributed by atoms with Crippen molar-refractivity contribution in [2.45, 2.75) is 6.92 Å². The van der Waals surface area contributed by atoms with E-state index in [2.05, 4.69) is 20.5 Å². The summed E-state index contributed by atoms with van der Waals surface area (Å²) in [5.41, 5.74) is 2.69. The number of methoxy groups -OCH3 is 1. The normalized spacial score (nSPS) is 10.9. The zero-order chi connectivity index (χ0) is 18.1. The Hall–Kier alpha value is -3.55. The summed E-state index contributed by atoms with van der Waals surface area (Å²) in [5.74, 6) is 1.14. The predicted octanol–water partition coefficient (Wildman–Crippen LogP) is 3.44. The van der Waals surface area contributed by atoms with Crippen LogP contribution >= 0.6 is 0 Å². The Morgan fingerprint density at radius 3 is 2.46 bits per heavy atom. The van der Waals surface area contributed by atoms with E-state index in [0.717, 1.165) is 17.0 Å². The zero-order valence-electron chi connectivity index (χ0n) is 14.0. The third-order valence-corrected chi connectivity index (χ3v) is 3.94. The molecule has 0 amide bonds. The molecule has 7 nitrogen and oxygen atoms in total. The highest BCUT2D eigenvalue weighted by molar-refractivity contribution is 5.59. The second kappa shape index (κ2) is 6.40. The highest BCUT2D eigenvalue weighted by Crippen LogP contribution is 2.25. The van der Waals surface area contributed by atoms with Crippen molar-refractivity contribution < 1.29 is 13.7 Å². The Bertz CT molecular complexity index is 1040. The van der Waals surface area contributed by atoms with Crippen LogP contribution in [0.2, 0.25) is 0 Å². The summed E-state index contributed by atoms with van der Waals surface area (Å²) in [6.45, 7) is 1.84. The van der Waals surface area contributed by atoms with Gasteiger partial charge in [0.15, 0.2) is 5.69 Å². The van der Waals surface area contributed by atoms with Crippen molar-refractivity contribution in [1.82, 2.24) is 25.1 Å². The van der Waals surface area contributed by atoms with Gasteiger partial charge in [-0.2, -0.15) is 4.98 Å². The van der Waals surface area contributed by atoms with Gasteiger partial charge in [-0.3, -0.25) is 0 Å². The average Bonchev–Trinajstić information content (AvgIpc) is 3.29. The molecule has 0 radical (unpaired) electrons. The van der Waals surface area contributed by atoms with Crippen LogP contribution in [0.4, 0.5) is 4.39 Å². The Labute approximate surface area is 148 Å². The van der Waals surface area contributed by atoms with Gasteiger partial charge in [0.2, 0.25) is 5.82 Å². The third kappa shape index (κ3) is 2.81. The first kappa shape index (κ1) is 15.9. The fraction of sp³-hybridized carbons (Fsp3) is 0.111. The standard InChI is InChI=1S/C18H14FN5O2/c1-11-16(21-23-24(11)14-7-5-13(19)6-8-14)17-20-18(26-22-17)12-3-9-15(25-2)10-4-12/h3-10H,1-2H3. The molecule has 0 aliphatic heterocycles. The molecule has 0 saturated carbocycles. The van der Waals surface area contributed by atoms with Crippen LogP contribution in [0.3, 0.4) is 0 Å². The van der Waals surface area contributed by atoms with Crippen molar-refractivity contribution >= 4 is 0 Å². The molecule has 0 unspecified atom stereocenters. The predicted molar refractivity (Wildman–Crippen MR) is 91.3 cm³/mol. The molecule has 0 atom stereocenters. The van der Waals surface area contributed by atoms with Gasteiger partial charge < -0.3 is 9.26 Å². The van der Waals surface area contributed by atoms with Crippen molar-refractivity contribution in [2.24, 2.45) is 0 Å². The van der Waals surface area contributed by atoms with Gasteiger partial charge in [0.05, 0.1) is 18.5 Å². The second-order valence-corrected chi connectivity index (χ2v) is 5.56. The molecule has 0 aliphatic carbocycles. The van der Waals surface area contributed by atoms with E-state index in [1.165, 1.54) is 12.1 Å². The Kier molecular flexibility index (Phi) is 3.92. The molecule has 0 aliphatic rings. The summed E-state index contributed by atoms with van der Waals surface area (Å²) < 4.78 is 25.2. The molecule has 0 fully saturated rings. The van der Waals surface area contributed by atoms with E-state index in [4.69, 9.17) is 9.26 Å². The lowest BCUT2D eigenvalue weighted by atomic mass is 10.2. The quantitative estimate of drug-likeness (QED) is 0.560. The first-order valence-electron chi connectivity index (χ1n) is 7.82. The molecule has 0 saturated heterocycles. The molecule has 0 bridgehead atoms. The van der Waals surface area contributed by atoms with Crippen LogP contribution in [0.15, 0.2) is 53.1 Å². The lowest BCUT2D eigenvalue weighted by Crippen LogP contribution is -1.99. The van der Waals surface area contributed by atoms with Crippen LogP contribution in [0.25, 0.3) is 28.7 Å². The monoisotopic (exact) mass is 351 g/mol. The molecular weight excluding hydrogens is 337 g/mol. The van der Waals surface area contributed by atoms with Gasteiger partial charge in [-0.05, 0) is 55.5 Å². The second-order valence-electron chi connectivity index (χ2n) is 5.56. The number of benzene rings is 2. The number of aromatic nitrogens is 5. The van der Waals surface area contributed by atoms with Gasteiger partial charge >= 0.3 is 0 Å². The van der Waals surface area contributed by atoms with Crippen LogP contribution in [-0.4, -0.2) is 32.2 Å². The zero-order valence-corrected chi connectivity index (χ0v) is 14.0. The number of hydrogen-bond donors (Lipinski definition) is 0. The van der Waals surface area contributed by atoms with E-state index < -0.39 is 0 Å². The van der Waals surface area contributed by atoms with Crippen molar-refractivity contribution in [3.8, 4) is 34.4 Å². The van der Waals surface area contributed by atoms with E-state index in [-0.39, 0.29) is 5.82 Å². The summed E-state index contributed by atoms with van der Waals surface area (Å²) in [7, 11) is 1.60. The molecule has 2 aromatic heterocycles. The fourth-order valence-electron chi connectivity index (χ4n) is 2.53. The number of ether oxygens (including phenoxy) is 1. The summed E-state index contributed by atoms with van der Waals surface area (Å²) in [6, 6.07) is 13.3. The Morgan fingerprint density at radius 2 is 1.77 bits per heavy atom. The third-order valence-electron chi connectivity index (χ3n) is 3.94. The maximum absolute atomic E-state index is 13.1. The number of halogens is 1. The molecule has 2 heterocycles. The topological polar surface area (TPSA) is 78.9 Å². The summed E-state index contributed by atoms with van der Waals surface area (Å²) >= 11 is 0. The van der Waals surface area contributed by atoms with Crippen molar-refractivity contribution in [3.05, 3.63) is 60.0 Å². The highest BCUT2D eigenvalue weighted by atomic mass is 19.1. The molecule has 4 aromatic rings. The maximum Gasteiger partial charge on any atom is 0.258 e. The summed E-state index contributed by atoms with van der Waals surface area (Å²) in [4.78, 5) is 4.39. The SMILES string of the molecule is COc1ccc(-c2nc(-c3nnn(-c4ccc(F)cc4)c3C)no2)cc1. The number of rotatable bonds is 4. The fourth-order valence-corrected chi connectivity index (χ4v) is 2.53. The molecular formula is C18H14FN5O2. The van der Waals surface area contributed by atoms with Crippen molar-refractivity contribution in [2.75, 3.05) is 7.11 Å². The summed E-state index contributed by atoms with van der Waals surface area (Å²) in [6.07, 6.45) is 0. The Morgan fingerprint density at radius 1 is 1.04 bits per heavy atom. The van der Waals surface area contributed by atoms with E-state index in [0.29, 0.717) is 23.1 Å². The first-order valence-corrected chi connectivity index (χ1v) is 7.82.